The number of rotatable bonds is 5. The van der Waals surface area contributed by atoms with E-state index in [0.29, 0.717) is 10.6 Å². The molecule has 0 radical (unpaired) electrons. The van der Waals surface area contributed by atoms with Crippen molar-refractivity contribution in [2.75, 3.05) is 31.1 Å². The average Bonchev–Trinajstić information content (AvgIpc) is 3.14. The van der Waals surface area contributed by atoms with E-state index in [1.807, 2.05) is 35.7 Å². The first-order valence-electron chi connectivity index (χ1n) is 8.64. The van der Waals surface area contributed by atoms with Crippen molar-refractivity contribution in [1.82, 2.24) is 10.2 Å². The monoisotopic (exact) mass is 350 g/mol. The quantitative estimate of drug-likeness (QED) is 0.876. The summed E-state index contributed by atoms with van der Waals surface area (Å²) in [4.78, 5) is 15.0. The van der Waals surface area contributed by atoms with Crippen molar-refractivity contribution >= 4 is 29.4 Å². The van der Waals surface area contributed by atoms with Gasteiger partial charge in [-0.3, -0.25) is 4.79 Å². The van der Waals surface area contributed by atoms with E-state index in [2.05, 4.69) is 29.3 Å². The maximum atomic E-state index is 12.9. The minimum atomic E-state index is 0.191. The number of carbonyl (C=O) groups excluding carboxylic acids is 1. The molecule has 2 saturated heterocycles. The molecule has 1 atom stereocenters. The highest BCUT2D eigenvalue weighted by molar-refractivity contribution is 8.16. The molecule has 1 N–H and O–H groups in total. The third-order valence-electron chi connectivity index (χ3n) is 4.46. The Morgan fingerprint density at radius 1 is 1.26 bits per heavy atom. The molecule has 23 heavy (non-hydrogen) atoms. The molecule has 126 valence electrons. The SMILES string of the molecule is CCCN(C(=O)c1ccc(C2SCCCS2)cc1)C1CCNC1. The Bertz CT molecular complexity index is 508. The molecule has 2 heterocycles. The molecule has 0 saturated carbocycles. The molecule has 2 aliphatic rings. The Morgan fingerprint density at radius 2 is 2.00 bits per heavy atom. The summed E-state index contributed by atoms with van der Waals surface area (Å²) in [6.45, 7) is 4.94. The second-order valence-corrected chi connectivity index (χ2v) is 8.92. The first kappa shape index (κ1) is 17.2. The summed E-state index contributed by atoms with van der Waals surface area (Å²) in [5.74, 6) is 2.69. The largest absolute Gasteiger partial charge is 0.334 e. The highest BCUT2D eigenvalue weighted by Crippen LogP contribution is 2.43. The minimum absolute atomic E-state index is 0.191. The third-order valence-corrected chi connectivity index (χ3v) is 7.47. The number of nitrogens with one attached hydrogen (secondary N) is 1. The number of hydrogen-bond acceptors (Lipinski definition) is 4. The van der Waals surface area contributed by atoms with E-state index in [1.54, 1.807) is 0 Å². The molecule has 2 fully saturated rings. The highest BCUT2D eigenvalue weighted by atomic mass is 32.2. The topological polar surface area (TPSA) is 32.3 Å². The minimum Gasteiger partial charge on any atom is -0.334 e. The molecule has 2 aliphatic heterocycles. The van der Waals surface area contributed by atoms with Crippen molar-refractivity contribution in [2.24, 2.45) is 0 Å². The van der Waals surface area contributed by atoms with E-state index in [4.69, 9.17) is 0 Å². The van der Waals surface area contributed by atoms with Gasteiger partial charge in [-0.1, -0.05) is 19.1 Å². The highest BCUT2D eigenvalue weighted by Gasteiger charge is 2.26. The normalized spacial score (nSPS) is 22.2. The van der Waals surface area contributed by atoms with Gasteiger partial charge in [0.2, 0.25) is 0 Å². The molecule has 1 aromatic rings. The van der Waals surface area contributed by atoms with Gasteiger partial charge in [0, 0.05) is 24.7 Å². The predicted octanol–water partition coefficient (Wildman–Crippen LogP) is 3.77. The van der Waals surface area contributed by atoms with E-state index in [9.17, 15) is 4.79 Å². The van der Waals surface area contributed by atoms with Gasteiger partial charge in [0.1, 0.15) is 0 Å². The molecule has 3 nitrogen and oxygen atoms in total. The third kappa shape index (κ3) is 4.25. The van der Waals surface area contributed by atoms with Crippen LogP contribution in [0, 0.1) is 0 Å². The summed E-state index contributed by atoms with van der Waals surface area (Å²) in [7, 11) is 0. The Morgan fingerprint density at radius 3 is 2.61 bits per heavy atom. The number of thioether (sulfide) groups is 2. The van der Waals surface area contributed by atoms with Crippen LogP contribution >= 0.6 is 23.5 Å². The Kier molecular flexibility index (Phi) is 6.31. The van der Waals surface area contributed by atoms with Crippen LogP contribution in [0.5, 0.6) is 0 Å². The van der Waals surface area contributed by atoms with Crippen molar-refractivity contribution in [3.63, 3.8) is 0 Å². The lowest BCUT2D eigenvalue weighted by Gasteiger charge is -2.28. The van der Waals surface area contributed by atoms with E-state index in [-0.39, 0.29) is 5.91 Å². The number of benzene rings is 1. The second-order valence-electron chi connectivity index (χ2n) is 6.19. The van der Waals surface area contributed by atoms with Crippen molar-refractivity contribution in [3.8, 4) is 0 Å². The van der Waals surface area contributed by atoms with Crippen LogP contribution in [-0.4, -0.2) is 48.0 Å². The number of amides is 1. The van der Waals surface area contributed by atoms with Crippen LogP contribution in [0.2, 0.25) is 0 Å². The summed E-state index contributed by atoms with van der Waals surface area (Å²) < 4.78 is 0.540. The zero-order chi connectivity index (χ0) is 16.1. The first-order chi connectivity index (χ1) is 11.3. The van der Waals surface area contributed by atoms with Crippen LogP contribution in [0.25, 0.3) is 0 Å². The van der Waals surface area contributed by atoms with Gasteiger partial charge in [-0.25, -0.2) is 0 Å². The van der Waals surface area contributed by atoms with Gasteiger partial charge in [0.25, 0.3) is 5.91 Å². The average molecular weight is 351 g/mol. The molecule has 0 aliphatic carbocycles. The Hall–Kier alpha value is -0.650. The summed E-state index contributed by atoms with van der Waals surface area (Å²) in [6, 6.07) is 8.71. The molecule has 3 rings (SSSR count). The Balaban J connectivity index is 1.70. The molecular weight excluding hydrogens is 324 g/mol. The van der Waals surface area contributed by atoms with Gasteiger partial charge in [0.15, 0.2) is 0 Å². The van der Waals surface area contributed by atoms with Gasteiger partial charge < -0.3 is 10.2 Å². The van der Waals surface area contributed by atoms with Crippen LogP contribution in [-0.2, 0) is 0 Å². The van der Waals surface area contributed by atoms with Crippen molar-refractivity contribution in [3.05, 3.63) is 35.4 Å². The number of carbonyl (C=O) groups is 1. The maximum Gasteiger partial charge on any atom is 0.254 e. The standard InChI is InChI=1S/C18H26N2OS2/c1-2-10-20(16-8-9-19-13-16)17(21)14-4-6-15(7-5-14)18-22-11-3-12-23-18/h4-7,16,18-19H,2-3,8-13H2,1H3. The zero-order valence-electron chi connectivity index (χ0n) is 13.8. The van der Waals surface area contributed by atoms with Crippen LogP contribution in [0.1, 0.15) is 46.7 Å². The molecule has 0 spiro atoms. The van der Waals surface area contributed by atoms with Crippen molar-refractivity contribution < 1.29 is 4.79 Å². The lowest BCUT2D eigenvalue weighted by molar-refractivity contribution is 0.0692. The molecule has 1 aromatic carbocycles. The number of hydrogen-bond donors (Lipinski definition) is 1. The van der Waals surface area contributed by atoms with E-state index < -0.39 is 0 Å². The molecule has 5 heteroatoms. The fourth-order valence-corrected chi connectivity index (χ4v) is 6.12. The van der Waals surface area contributed by atoms with Crippen LogP contribution in [0.4, 0.5) is 0 Å². The lowest BCUT2D eigenvalue weighted by Crippen LogP contribution is -2.42. The maximum absolute atomic E-state index is 12.9. The van der Waals surface area contributed by atoms with E-state index in [1.165, 1.54) is 23.5 Å². The van der Waals surface area contributed by atoms with Gasteiger partial charge >= 0.3 is 0 Å². The van der Waals surface area contributed by atoms with E-state index in [0.717, 1.165) is 38.0 Å². The predicted molar refractivity (Wildman–Crippen MR) is 101 cm³/mol. The fourth-order valence-electron chi connectivity index (χ4n) is 3.23. The molecule has 1 unspecified atom stereocenters. The fraction of sp³-hybridized carbons (Fsp3) is 0.611. The summed E-state index contributed by atoms with van der Waals surface area (Å²) in [5, 5.41) is 3.37. The molecule has 1 amide bonds. The smallest absolute Gasteiger partial charge is 0.254 e. The van der Waals surface area contributed by atoms with Gasteiger partial charge in [-0.15, -0.1) is 23.5 Å². The second kappa shape index (κ2) is 8.45. The first-order valence-corrected chi connectivity index (χ1v) is 10.7. The number of nitrogens with zero attached hydrogens (tertiary/aromatic N) is 1. The van der Waals surface area contributed by atoms with Crippen LogP contribution in [0.3, 0.4) is 0 Å². The summed E-state index contributed by atoms with van der Waals surface area (Å²) >= 11 is 4.05. The van der Waals surface area contributed by atoms with Crippen molar-refractivity contribution in [1.29, 1.82) is 0 Å². The zero-order valence-corrected chi connectivity index (χ0v) is 15.4. The van der Waals surface area contributed by atoms with Gasteiger partial charge in [0.05, 0.1) is 4.58 Å². The molecular formula is C18H26N2OS2. The van der Waals surface area contributed by atoms with Crippen LogP contribution < -0.4 is 5.32 Å². The van der Waals surface area contributed by atoms with Gasteiger partial charge in [-0.2, -0.15) is 0 Å². The van der Waals surface area contributed by atoms with Crippen LogP contribution in [0.15, 0.2) is 24.3 Å². The molecule has 0 aromatic heterocycles. The van der Waals surface area contributed by atoms with Gasteiger partial charge in [-0.05, 0) is 55.0 Å². The van der Waals surface area contributed by atoms with E-state index >= 15 is 0 Å². The summed E-state index contributed by atoms with van der Waals surface area (Å²) in [5.41, 5.74) is 2.18. The van der Waals surface area contributed by atoms with Crippen molar-refractivity contribution in [2.45, 2.75) is 36.8 Å². The lowest BCUT2D eigenvalue weighted by atomic mass is 10.1. The summed E-state index contributed by atoms with van der Waals surface area (Å²) in [6.07, 6.45) is 3.39. The Labute approximate surface area is 148 Å². The molecule has 0 bridgehead atoms.